The van der Waals surface area contributed by atoms with Gasteiger partial charge in [-0.1, -0.05) is 11.6 Å². The van der Waals surface area contributed by atoms with Gasteiger partial charge in [0.25, 0.3) is 0 Å². The van der Waals surface area contributed by atoms with Crippen molar-refractivity contribution in [3.8, 4) is 0 Å². The van der Waals surface area contributed by atoms with Gasteiger partial charge in [-0.15, -0.1) is 5.10 Å². The fourth-order valence-corrected chi connectivity index (χ4v) is 3.64. The normalized spacial score (nSPS) is 21.3. The van der Waals surface area contributed by atoms with Crippen LogP contribution in [0.15, 0.2) is 12.1 Å². The van der Waals surface area contributed by atoms with Crippen LogP contribution in [0.3, 0.4) is 0 Å². The molecular weight excluding hydrogens is 274 g/mol. The lowest BCUT2D eigenvalue weighted by Gasteiger charge is -2.21. The molecule has 0 spiro atoms. The summed E-state index contributed by atoms with van der Waals surface area (Å²) in [6.45, 7) is 0.635. The third kappa shape index (κ3) is 3.40. The van der Waals surface area contributed by atoms with Gasteiger partial charge in [0.2, 0.25) is 10.0 Å². The summed E-state index contributed by atoms with van der Waals surface area (Å²) in [6.07, 6.45) is 4.63. The number of nitrogens with zero attached hydrogens (tertiary/aromatic N) is 3. The van der Waals surface area contributed by atoms with Crippen LogP contribution in [-0.4, -0.2) is 41.8 Å². The lowest BCUT2D eigenvalue weighted by atomic mass is 10.1. The quantitative estimate of drug-likeness (QED) is 0.842. The number of hydrogen-bond acceptors (Lipinski definition) is 4. The Balaban J connectivity index is 1.96. The van der Waals surface area contributed by atoms with E-state index >= 15 is 0 Å². The van der Waals surface area contributed by atoms with E-state index in [-0.39, 0.29) is 6.04 Å². The Morgan fingerprint density at radius 3 is 2.83 bits per heavy atom. The highest BCUT2D eigenvalue weighted by atomic mass is 35.5. The first-order valence-corrected chi connectivity index (χ1v) is 8.14. The average Bonchev–Trinajstić information content (AvgIpc) is 2.76. The first kappa shape index (κ1) is 13.7. The van der Waals surface area contributed by atoms with Crippen molar-refractivity contribution in [2.45, 2.75) is 31.7 Å². The molecule has 0 bridgehead atoms. The molecule has 0 N–H and O–H groups in total. The highest BCUT2D eigenvalue weighted by molar-refractivity contribution is 7.88. The maximum absolute atomic E-state index is 11.6. The van der Waals surface area contributed by atoms with Gasteiger partial charge in [0.15, 0.2) is 5.15 Å². The largest absolute Gasteiger partial charge is 0.212 e. The Labute approximate surface area is 112 Å². The highest BCUT2D eigenvalue weighted by Crippen LogP contribution is 2.23. The van der Waals surface area contributed by atoms with Gasteiger partial charge in [-0.05, 0) is 37.8 Å². The van der Waals surface area contributed by atoms with Gasteiger partial charge < -0.3 is 0 Å². The van der Waals surface area contributed by atoms with Crippen molar-refractivity contribution in [3.63, 3.8) is 0 Å². The molecule has 1 aromatic heterocycles. The molecule has 0 amide bonds. The van der Waals surface area contributed by atoms with Crippen LogP contribution in [-0.2, 0) is 16.4 Å². The molecule has 1 unspecified atom stereocenters. The second kappa shape index (κ2) is 5.50. The van der Waals surface area contributed by atoms with E-state index in [0.717, 1.165) is 31.4 Å². The number of sulfonamides is 1. The first-order chi connectivity index (χ1) is 8.47. The Hall–Kier alpha value is -0.720. The summed E-state index contributed by atoms with van der Waals surface area (Å²) >= 11 is 5.66. The minimum absolute atomic E-state index is 0.0949. The summed E-state index contributed by atoms with van der Waals surface area (Å²) in [5.74, 6) is 0. The molecule has 18 heavy (non-hydrogen) atoms. The molecule has 1 aliphatic heterocycles. The number of halogens is 1. The Bertz CT molecular complexity index is 504. The van der Waals surface area contributed by atoms with E-state index < -0.39 is 10.0 Å². The molecule has 0 radical (unpaired) electrons. The van der Waals surface area contributed by atoms with Crippen molar-refractivity contribution >= 4 is 21.6 Å². The van der Waals surface area contributed by atoms with Gasteiger partial charge in [0.1, 0.15) is 0 Å². The van der Waals surface area contributed by atoms with Gasteiger partial charge in [-0.25, -0.2) is 8.42 Å². The molecule has 100 valence electrons. The summed E-state index contributed by atoms with van der Waals surface area (Å²) in [4.78, 5) is 0. The molecule has 7 heteroatoms. The van der Waals surface area contributed by atoms with Crippen LogP contribution in [0.1, 0.15) is 25.0 Å². The smallest absolute Gasteiger partial charge is 0.211 e. The van der Waals surface area contributed by atoms with Crippen molar-refractivity contribution in [3.05, 3.63) is 23.0 Å². The Morgan fingerprint density at radius 1 is 1.44 bits per heavy atom. The fourth-order valence-electron chi connectivity index (χ4n) is 2.33. The number of aromatic nitrogens is 2. The molecule has 0 saturated carbocycles. The van der Waals surface area contributed by atoms with Crippen LogP contribution < -0.4 is 0 Å². The predicted octanol–water partition coefficient (Wildman–Crippen LogP) is 1.49. The zero-order chi connectivity index (χ0) is 13.2. The lowest BCUT2D eigenvalue weighted by molar-refractivity contribution is 0.372. The van der Waals surface area contributed by atoms with Crippen molar-refractivity contribution < 1.29 is 8.42 Å². The van der Waals surface area contributed by atoms with Crippen molar-refractivity contribution in [1.82, 2.24) is 14.5 Å². The highest BCUT2D eigenvalue weighted by Gasteiger charge is 2.30. The molecule has 0 aromatic carbocycles. The van der Waals surface area contributed by atoms with E-state index in [9.17, 15) is 8.42 Å². The van der Waals surface area contributed by atoms with Crippen molar-refractivity contribution in [2.75, 3.05) is 12.8 Å². The number of rotatable bonds is 4. The molecule has 1 aliphatic rings. The van der Waals surface area contributed by atoms with E-state index in [1.807, 2.05) is 6.07 Å². The van der Waals surface area contributed by atoms with E-state index in [2.05, 4.69) is 10.2 Å². The van der Waals surface area contributed by atoms with Crippen LogP contribution in [0.4, 0.5) is 0 Å². The van der Waals surface area contributed by atoms with Gasteiger partial charge in [-0.3, -0.25) is 0 Å². The molecule has 1 saturated heterocycles. The Morgan fingerprint density at radius 2 is 2.22 bits per heavy atom. The molecule has 2 rings (SSSR count). The summed E-state index contributed by atoms with van der Waals surface area (Å²) in [6, 6.07) is 3.62. The van der Waals surface area contributed by atoms with E-state index in [1.165, 1.54) is 6.26 Å². The molecule has 1 atom stereocenters. The maximum atomic E-state index is 11.6. The zero-order valence-corrected chi connectivity index (χ0v) is 11.8. The summed E-state index contributed by atoms with van der Waals surface area (Å²) in [5, 5.41) is 8.12. The molecule has 5 nitrogen and oxygen atoms in total. The van der Waals surface area contributed by atoms with Crippen molar-refractivity contribution in [1.29, 1.82) is 0 Å². The van der Waals surface area contributed by atoms with E-state index in [1.54, 1.807) is 10.4 Å². The molecule has 1 fully saturated rings. The SMILES string of the molecule is CS(=O)(=O)N1CCCC1CCc1ccc(Cl)nn1. The topological polar surface area (TPSA) is 63.2 Å². The van der Waals surface area contributed by atoms with Crippen LogP contribution in [0.5, 0.6) is 0 Å². The molecule has 2 heterocycles. The third-order valence-electron chi connectivity index (χ3n) is 3.17. The van der Waals surface area contributed by atoms with Crippen LogP contribution in [0, 0.1) is 0 Å². The monoisotopic (exact) mass is 289 g/mol. The van der Waals surface area contributed by atoms with E-state index in [0.29, 0.717) is 11.7 Å². The Kier molecular flexibility index (Phi) is 4.19. The van der Waals surface area contributed by atoms with Gasteiger partial charge in [0.05, 0.1) is 11.9 Å². The number of aryl methyl sites for hydroxylation is 1. The van der Waals surface area contributed by atoms with Gasteiger partial charge in [0, 0.05) is 12.6 Å². The van der Waals surface area contributed by atoms with E-state index in [4.69, 9.17) is 11.6 Å². The number of hydrogen-bond donors (Lipinski definition) is 0. The summed E-state index contributed by atoms with van der Waals surface area (Å²) in [5.41, 5.74) is 0.847. The summed E-state index contributed by atoms with van der Waals surface area (Å²) < 4.78 is 24.8. The third-order valence-corrected chi connectivity index (χ3v) is 4.70. The van der Waals surface area contributed by atoms with Gasteiger partial charge >= 0.3 is 0 Å². The lowest BCUT2D eigenvalue weighted by Crippen LogP contribution is -2.34. The zero-order valence-electron chi connectivity index (χ0n) is 10.2. The average molecular weight is 290 g/mol. The van der Waals surface area contributed by atoms with Crippen LogP contribution in [0.2, 0.25) is 5.15 Å². The second-order valence-electron chi connectivity index (χ2n) is 4.56. The van der Waals surface area contributed by atoms with Crippen molar-refractivity contribution in [2.24, 2.45) is 0 Å². The minimum Gasteiger partial charge on any atom is -0.212 e. The fraction of sp³-hybridized carbons (Fsp3) is 0.636. The summed E-state index contributed by atoms with van der Waals surface area (Å²) in [7, 11) is -3.09. The molecule has 0 aliphatic carbocycles. The van der Waals surface area contributed by atoms with Crippen LogP contribution >= 0.6 is 11.6 Å². The molecule has 1 aromatic rings. The standard InChI is InChI=1S/C11H16ClN3O2S/c1-18(16,17)15-8-2-3-10(15)6-4-9-5-7-11(12)14-13-9/h5,7,10H,2-4,6,8H2,1H3. The second-order valence-corrected chi connectivity index (χ2v) is 6.88. The minimum atomic E-state index is -3.09. The van der Waals surface area contributed by atoms with Gasteiger partial charge in [-0.2, -0.15) is 9.40 Å². The maximum Gasteiger partial charge on any atom is 0.211 e. The van der Waals surface area contributed by atoms with Crippen LogP contribution in [0.25, 0.3) is 0 Å². The first-order valence-electron chi connectivity index (χ1n) is 5.92. The molecular formula is C11H16ClN3O2S. The predicted molar refractivity (Wildman–Crippen MR) is 69.9 cm³/mol.